The number of fused-ring (bicyclic) bond motifs is 1. The van der Waals surface area contributed by atoms with Crippen LogP contribution in [0.4, 0.5) is 0 Å². The van der Waals surface area contributed by atoms with Crippen molar-refractivity contribution in [2.75, 3.05) is 6.61 Å². The Hall–Kier alpha value is -0.890. The van der Waals surface area contributed by atoms with Crippen molar-refractivity contribution in [1.82, 2.24) is 4.98 Å². The van der Waals surface area contributed by atoms with E-state index in [0.717, 1.165) is 8.04 Å². The van der Waals surface area contributed by atoms with Gasteiger partial charge in [0, 0.05) is 14.2 Å². The van der Waals surface area contributed by atoms with Gasteiger partial charge in [0.25, 0.3) is 0 Å². The summed E-state index contributed by atoms with van der Waals surface area (Å²) in [6.07, 6.45) is 1.39. The molecule has 2 aromatic rings. The van der Waals surface area contributed by atoms with E-state index in [-0.39, 0.29) is 17.6 Å². The molecule has 94 valence electrons. The molecule has 1 aromatic heterocycles. The highest BCUT2D eigenvalue weighted by molar-refractivity contribution is 14.1. The van der Waals surface area contributed by atoms with Crippen LogP contribution in [0.2, 0.25) is 0 Å². The Bertz CT molecular complexity index is 681. The fraction of sp³-hybridized carbons (Fsp3) is 0.167. The Balaban J connectivity index is 2.76. The average Bonchev–Trinajstić information content (AvgIpc) is 2.34. The lowest BCUT2D eigenvalue weighted by molar-refractivity contribution is 0.0524. The first-order valence-electron chi connectivity index (χ1n) is 5.22. The third kappa shape index (κ3) is 2.31. The minimum atomic E-state index is -0.601. The number of carbonyl (C=O) groups is 1. The summed E-state index contributed by atoms with van der Waals surface area (Å²) in [5.41, 5.74) is 0.396. The lowest BCUT2D eigenvalue weighted by Gasteiger charge is -2.06. The minimum Gasteiger partial charge on any atom is -0.462 e. The van der Waals surface area contributed by atoms with Crippen LogP contribution in [0, 0.1) is 3.57 Å². The number of carbonyl (C=O) groups excluding carboxylic acids is 1. The summed E-state index contributed by atoms with van der Waals surface area (Å²) in [6, 6.07) is 3.67. The van der Waals surface area contributed by atoms with Gasteiger partial charge < -0.3 is 9.72 Å². The Morgan fingerprint density at radius 3 is 2.89 bits per heavy atom. The SMILES string of the molecule is CCOC(=O)c1c[nH]c2c(Br)ccc(I)c2c1=O. The molecule has 2 rings (SSSR count). The summed E-state index contributed by atoms with van der Waals surface area (Å²) in [5.74, 6) is -0.601. The van der Waals surface area contributed by atoms with E-state index < -0.39 is 5.97 Å². The van der Waals surface area contributed by atoms with Crippen LogP contribution >= 0.6 is 38.5 Å². The van der Waals surface area contributed by atoms with Gasteiger partial charge in [0.2, 0.25) is 5.43 Å². The van der Waals surface area contributed by atoms with Gasteiger partial charge in [0.05, 0.1) is 17.5 Å². The molecule has 0 aliphatic heterocycles. The summed E-state index contributed by atoms with van der Waals surface area (Å²) in [7, 11) is 0. The number of ether oxygens (including phenoxy) is 1. The molecule has 4 nitrogen and oxygen atoms in total. The third-order valence-electron chi connectivity index (χ3n) is 2.43. The molecule has 1 aromatic carbocycles. The molecule has 0 bridgehead atoms. The summed E-state index contributed by atoms with van der Waals surface area (Å²) >= 11 is 5.44. The van der Waals surface area contributed by atoms with E-state index in [4.69, 9.17) is 4.74 Å². The van der Waals surface area contributed by atoms with Gasteiger partial charge in [-0.05, 0) is 57.6 Å². The Labute approximate surface area is 125 Å². The molecule has 0 unspecified atom stereocenters. The molecule has 0 saturated heterocycles. The van der Waals surface area contributed by atoms with Gasteiger partial charge in [-0.3, -0.25) is 4.79 Å². The van der Waals surface area contributed by atoms with Crippen molar-refractivity contribution in [3.63, 3.8) is 0 Å². The Morgan fingerprint density at radius 1 is 1.50 bits per heavy atom. The van der Waals surface area contributed by atoms with Crippen molar-refractivity contribution in [3.05, 3.63) is 42.2 Å². The Morgan fingerprint density at radius 2 is 2.22 bits per heavy atom. The van der Waals surface area contributed by atoms with Crippen LogP contribution in [0.25, 0.3) is 10.9 Å². The van der Waals surface area contributed by atoms with E-state index in [9.17, 15) is 9.59 Å². The van der Waals surface area contributed by atoms with Gasteiger partial charge in [-0.1, -0.05) is 0 Å². The molecule has 1 N–H and O–H groups in total. The monoisotopic (exact) mass is 421 g/mol. The second-order valence-corrected chi connectivity index (χ2v) is 5.55. The second-order valence-electron chi connectivity index (χ2n) is 3.53. The quantitative estimate of drug-likeness (QED) is 0.598. The van der Waals surface area contributed by atoms with Gasteiger partial charge in [0.15, 0.2) is 0 Å². The number of H-pyrrole nitrogens is 1. The highest BCUT2D eigenvalue weighted by Gasteiger charge is 2.16. The minimum absolute atomic E-state index is 0.0281. The van der Waals surface area contributed by atoms with Gasteiger partial charge in [0.1, 0.15) is 5.56 Å². The molecule has 0 aliphatic rings. The van der Waals surface area contributed by atoms with Gasteiger partial charge in [-0.25, -0.2) is 4.79 Å². The van der Waals surface area contributed by atoms with Crippen LogP contribution in [0.15, 0.2) is 27.6 Å². The molecule has 0 atom stereocenters. The van der Waals surface area contributed by atoms with Crippen LogP contribution < -0.4 is 5.43 Å². The number of benzene rings is 1. The third-order valence-corrected chi connectivity index (χ3v) is 3.99. The fourth-order valence-corrected chi connectivity index (χ4v) is 2.76. The molecule has 0 amide bonds. The van der Waals surface area contributed by atoms with E-state index >= 15 is 0 Å². The van der Waals surface area contributed by atoms with E-state index in [0.29, 0.717) is 10.9 Å². The van der Waals surface area contributed by atoms with Crippen LogP contribution in [-0.4, -0.2) is 17.6 Å². The van der Waals surface area contributed by atoms with Crippen molar-refractivity contribution in [1.29, 1.82) is 0 Å². The van der Waals surface area contributed by atoms with Crippen molar-refractivity contribution >= 4 is 55.4 Å². The molecular formula is C12H9BrINO3. The zero-order valence-electron chi connectivity index (χ0n) is 9.42. The number of nitrogens with one attached hydrogen (secondary N) is 1. The lowest BCUT2D eigenvalue weighted by Crippen LogP contribution is -2.18. The first-order chi connectivity index (χ1) is 8.56. The second kappa shape index (κ2) is 5.40. The molecule has 0 fully saturated rings. The normalized spacial score (nSPS) is 10.6. The van der Waals surface area contributed by atoms with E-state index in [1.807, 2.05) is 12.1 Å². The van der Waals surface area contributed by atoms with Crippen molar-refractivity contribution < 1.29 is 9.53 Å². The highest BCUT2D eigenvalue weighted by atomic mass is 127. The van der Waals surface area contributed by atoms with Crippen molar-refractivity contribution in [3.8, 4) is 0 Å². The topological polar surface area (TPSA) is 59.2 Å². The number of halogens is 2. The number of hydrogen-bond donors (Lipinski definition) is 1. The predicted octanol–water partition coefficient (Wildman–Crippen LogP) is 3.07. The smallest absolute Gasteiger partial charge is 0.343 e. The number of aromatic nitrogens is 1. The maximum absolute atomic E-state index is 12.3. The Kier molecular flexibility index (Phi) is 4.06. The van der Waals surface area contributed by atoms with E-state index in [1.165, 1.54) is 6.20 Å². The van der Waals surface area contributed by atoms with Gasteiger partial charge >= 0.3 is 5.97 Å². The number of rotatable bonds is 2. The first-order valence-corrected chi connectivity index (χ1v) is 7.10. The standard InChI is InChI=1S/C12H9BrINO3/c1-2-18-12(17)6-5-15-10-7(13)3-4-8(14)9(10)11(6)16/h3-5H,2H2,1H3,(H,15,16). The molecule has 1 heterocycles. The number of pyridine rings is 1. The maximum Gasteiger partial charge on any atom is 0.343 e. The van der Waals surface area contributed by atoms with Crippen molar-refractivity contribution in [2.24, 2.45) is 0 Å². The average molecular weight is 422 g/mol. The highest BCUT2D eigenvalue weighted by Crippen LogP contribution is 2.24. The molecule has 0 spiro atoms. The molecular weight excluding hydrogens is 413 g/mol. The summed E-state index contributed by atoms with van der Waals surface area (Å²) < 4.78 is 6.43. The van der Waals surface area contributed by atoms with Gasteiger partial charge in [-0.15, -0.1) is 0 Å². The summed E-state index contributed by atoms with van der Waals surface area (Å²) in [5, 5.41) is 0.496. The van der Waals surface area contributed by atoms with Crippen LogP contribution in [-0.2, 0) is 4.74 Å². The zero-order chi connectivity index (χ0) is 13.3. The molecule has 0 radical (unpaired) electrons. The van der Waals surface area contributed by atoms with Crippen LogP contribution in [0.5, 0.6) is 0 Å². The van der Waals surface area contributed by atoms with Crippen molar-refractivity contribution in [2.45, 2.75) is 6.92 Å². The van der Waals surface area contributed by atoms with E-state index in [2.05, 4.69) is 43.5 Å². The molecule has 18 heavy (non-hydrogen) atoms. The van der Waals surface area contributed by atoms with Crippen LogP contribution in [0.3, 0.4) is 0 Å². The molecule has 6 heteroatoms. The van der Waals surface area contributed by atoms with Gasteiger partial charge in [-0.2, -0.15) is 0 Å². The summed E-state index contributed by atoms with van der Waals surface area (Å²) in [4.78, 5) is 26.9. The molecule has 0 saturated carbocycles. The zero-order valence-corrected chi connectivity index (χ0v) is 13.2. The molecule has 0 aliphatic carbocycles. The largest absolute Gasteiger partial charge is 0.462 e. The summed E-state index contributed by atoms with van der Waals surface area (Å²) in [6.45, 7) is 1.94. The maximum atomic E-state index is 12.3. The fourth-order valence-electron chi connectivity index (χ4n) is 1.62. The number of aromatic amines is 1. The number of hydrogen-bond acceptors (Lipinski definition) is 3. The van der Waals surface area contributed by atoms with E-state index in [1.54, 1.807) is 6.92 Å². The van der Waals surface area contributed by atoms with Crippen LogP contribution in [0.1, 0.15) is 17.3 Å². The predicted molar refractivity (Wildman–Crippen MR) is 80.9 cm³/mol. The lowest BCUT2D eigenvalue weighted by atomic mass is 10.1. The number of esters is 1. The first kappa shape index (κ1) is 13.5.